The number of anilines is 1. The highest BCUT2D eigenvalue weighted by molar-refractivity contribution is 6.03. The third-order valence-electron chi connectivity index (χ3n) is 7.63. The number of hydrogen-bond donors (Lipinski definition) is 4. The molecule has 2 bridgehead atoms. The second kappa shape index (κ2) is 8.35. The fourth-order valence-electron chi connectivity index (χ4n) is 5.88. The number of ether oxygens (including phenoxy) is 1. The Balaban J connectivity index is 1.48. The van der Waals surface area contributed by atoms with E-state index in [1.807, 2.05) is 32.0 Å². The van der Waals surface area contributed by atoms with E-state index in [2.05, 4.69) is 27.4 Å². The van der Waals surface area contributed by atoms with Crippen molar-refractivity contribution in [3.63, 3.8) is 0 Å². The van der Waals surface area contributed by atoms with Gasteiger partial charge in [0.1, 0.15) is 18.3 Å². The number of hydrogen-bond acceptors (Lipinski definition) is 6. The van der Waals surface area contributed by atoms with Crippen molar-refractivity contribution in [2.75, 3.05) is 5.32 Å². The van der Waals surface area contributed by atoms with Gasteiger partial charge in [-0.05, 0) is 81.6 Å². The van der Waals surface area contributed by atoms with Crippen LogP contribution in [0.3, 0.4) is 0 Å². The Morgan fingerprint density at radius 1 is 1.24 bits per heavy atom. The number of aliphatic hydroxyl groups excluding tert-OH is 2. The van der Waals surface area contributed by atoms with Crippen molar-refractivity contribution in [1.29, 1.82) is 5.26 Å². The Labute approximate surface area is 198 Å². The predicted molar refractivity (Wildman–Crippen MR) is 126 cm³/mol. The zero-order chi connectivity index (χ0) is 24.1. The van der Waals surface area contributed by atoms with Crippen LogP contribution in [0.2, 0.25) is 0 Å². The number of aromatic amines is 1. The second-order valence-electron chi connectivity index (χ2n) is 10.2. The van der Waals surface area contributed by atoms with Crippen LogP contribution in [0.15, 0.2) is 30.5 Å². The summed E-state index contributed by atoms with van der Waals surface area (Å²) in [6, 6.07) is 7.98. The molecule has 2 aliphatic heterocycles. The molecule has 0 unspecified atom stereocenters. The van der Waals surface area contributed by atoms with Crippen LogP contribution in [0.25, 0.3) is 5.57 Å². The summed E-state index contributed by atoms with van der Waals surface area (Å²) in [5.41, 5.74) is 2.55. The van der Waals surface area contributed by atoms with Crippen molar-refractivity contribution in [3.8, 4) is 6.07 Å². The van der Waals surface area contributed by atoms with Crippen molar-refractivity contribution in [1.82, 2.24) is 9.97 Å². The third kappa shape index (κ3) is 3.84. The first kappa shape index (κ1) is 22.8. The normalized spacial score (nSPS) is 32.7. The van der Waals surface area contributed by atoms with Gasteiger partial charge in [-0.15, -0.1) is 0 Å². The molecule has 3 aliphatic rings. The van der Waals surface area contributed by atoms with E-state index in [4.69, 9.17) is 10.00 Å². The van der Waals surface area contributed by atoms with E-state index in [1.165, 1.54) is 11.8 Å². The highest BCUT2D eigenvalue weighted by Crippen LogP contribution is 2.53. The molecule has 0 spiro atoms. The molecule has 1 aromatic carbocycles. The lowest BCUT2D eigenvalue weighted by molar-refractivity contribution is -0.153. The molecule has 8 heteroatoms. The van der Waals surface area contributed by atoms with Gasteiger partial charge < -0.3 is 25.3 Å². The Kier molecular flexibility index (Phi) is 5.59. The first-order chi connectivity index (χ1) is 16.2. The largest absolute Gasteiger partial charge is 0.387 e. The van der Waals surface area contributed by atoms with Gasteiger partial charge in [-0.2, -0.15) is 5.26 Å². The van der Waals surface area contributed by atoms with Gasteiger partial charge in [-0.3, -0.25) is 4.79 Å². The number of rotatable bonds is 4. The van der Waals surface area contributed by atoms with Gasteiger partial charge in [0.25, 0.3) is 5.91 Å². The van der Waals surface area contributed by atoms with E-state index in [0.717, 1.165) is 36.8 Å². The molecule has 2 aromatic rings. The molecule has 3 heterocycles. The van der Waals surface area contributed by atoms with Crippen LogP contribution < -0.4 is 5.32 Å². The van der Waals surface area contributed by atoms with Crippen molar-refractivity contribution in [3.05, 3.63) is 53.1 Å². The van der Waals surface area contributed by atoms with Crippen LogP contribution in [0.1, 0.15) is 85.7 Å². The number of H-pyrrole nitrogens is 1. The Bertz CT molecular complexity index is 1180. The van der Waals surface area contributed by atoms with Crippen molar-refractivity contribution < 1.29 is 19.7 Å². The summed E-state index contributed by atoms with van der Waals surface area (Å²) in [5, 5.41) is 33.2. The second-order valence-corrected chi connectivity index (χ2v) is 10.2. The Hall–Kier alpha value is -2.99. The highest BCUT2D eigenvalue weighted by Gasteiger charge is 2.61. The van der Waals surface area contributed by atoms with Crippen molar-refractivity contribution >= 4 is 17.2 Å². The minimum atomic E-state index is -0.923. The van der Waals surface area contributed by atoms with E-state index in [0.29, 0.717) is 18.5 Å². The topological polar surface area (TPSA) is 131 Å². The van der Waals surface area contributed by atoms with Gasteiger partial charge in [0.2, 0.25) is 0 Å². The highest BCUT2D eigenvalue weighted by atomic mass is 16.6. The van der Waals surface area contributed by atoms with Gasteiger partial charge in [-0.1, -0.05) is 12.1 Å². The molecule has 34 heavy (non-hydrogen) atoms. The number of imidazole rings is 1. The molecule has 1 aliphatic carbocycles. The fraction of sp³-hybridized carbons (Fsp3) is 0.500. The monoisotopic (exact) mass is 462 g/mol. The number of carbonyl (C=O) groups is 1. The summed E-state index contributed by atoms with van der Waals surface area (Å²) in [6.45, 7) is 3.74. The van der Waals surface area contributed by atoms with Crippen LogP contribution in [-0.4, -0.2) is 49.5 Å². The summed E-state index contributed by atoms with van der Waals surface area (Å²) < 4.78 is 6.13. The molecular formula is C26H30N4O4. The summed E-state index contributed by atoms with van der Waals surface area (Å²) >= 11 is 0. The molecule has 8 nitrogen and oxygen atoms in total. The van der Waals surface area contributed by atoms with E-state index in [-0.39, 0.29) is 17.4 Å². The van der Waals surface area contributed by atoms with E-state index >= 15 is 0 Å². The Morgan fingerprint density at radius 3 is 2.59 bits per heavy atom. The number of carbonyl (C=O) groups excluding carboxylic acids is 1. The molecule has 4 N–H and O–H groups in total. The summed E-state index contributed by atoms with van der Waals surface area (Å²) in [5.74, 6) is -0.206. The minimum Gasteiger partial charge on any atom is -0.387 e. The number of amides is 1. The fourth-order valence-corrected chi connectivity index (χ4v) is 5.88. The summed E-state index contributed by atoms with van der Waals surface area (Å²) in [4.78, 5) is 19.6. The van der Waals surface area contributed by atoms with Crippen molar-refractivity contribution in [2.24, 2.45) is 0 Å². The van der Waals surface area contributed by atoms with Crippen LogP contribution in [0.5, 0.6) is 0 Å². The van der Waals surface area contributed by atoms with Gasteiger partial charge >= 0.3 is 0 Å². The van der Waals surface area contributed by atoms with Gasteiger partial charge in [-0.25, -0.2) is 4.98 Å². The number of fused-ring (bicyclic) bond motifs is 2. The molecule has 1 amide bonds. The van der Waals surface area contributed by atoms with E-state index < -0.39 is 29.3 Å². The van der Waals surface area contributed by atoms with Gasteiger partial charge in [0, 0.05) is 17.4 Å². The average Bonchev–Trinajstić information content (AvgIpc) is 3.36. The maximum absolute atomic E-state index is 12.8. The number of allylic oxidation sites excluding steroid dienone is 2. The zero-order valence-corrected chi connectivity index (χ0v) is 19.5. The molecule has 1 aromatic heterocycles. The predicted octanol–water partition coefficient (Wildman–Crippen LogP) is 3.64. The van der Waals surface area contributed by atoms with Crippen LogP contribution in [0, 0.1) is 11.3 Å². The lowest BCUT2D eigenvalue weighted by atomic mass is 9.79. The van der Waals surface area contributed by atoms with Crippen LogP contribution in [-0.2, 0) is 4.74 Å². The van der Waals surface area contributed by atoms with Gasteiger partial charge in [0.15, 0.2) is 11.5 Å². The molecule has 0 saturated carbocycles. The molecule has 2 fully saturated rings. The smallest absolute Gasteiger partial charge is 0.291 e. The molecule has 5 rings (SSSR count). The number of benzene rings is 1. The number of nitriles is 1. The lowest BCUT2D eigenvalue weighted by Crippen LogP contribution is -2.43. The van der Waals surface area contributed by atoms with Crippen LogP contribution >= 0.6 is 0 Å². The molecule has 5 atom stereocenters. The minimum absolute atomic E-state index is 0.0917. The van der Waals surface area contributed by atoms with Crippen LogP contribution in [0.4, 0.5) is 5.69 Å². The Morgan fingerprint density at radius 2 is 1.97 bits per heavy atom. The van der Waals surface area contributed by atoms with Crippen molar-refractivity contribution in [2.45, 2.75) is 81.7 Å². The van der Waals surface area contributed by atoms with E-state index in [9.17, 15) is 15.0 Å². The number of nitrogens with one attached hydrogen (secondary N) is 2. The molecule has 0 radical (unpaired) electrons. The van der Waals surface area contributed by atoms with E-state index in [1.54, 1.807) is 0 Å². The standard InChI is InChI=1S/C26H30N4O4/c1-25-11-17(12-26(2,34-25)22(32)21(25)31)16-8-9-20(19(10-16)15-6-4-3-5-7-15)30-24(33)23-28-14-18(13-27)29-23/h6,8-10,14,17,21-22,31-32H,3-5,7,11-12H2,1-2H3,(H,28,29)(H,30,33)/t17-,21+,22-,25-,26+. The maximum Gasteiger partial charge on any atom is 0.291 e. The first-order valence-corrected chi connectivity index (χ1v) is 11.9. The molecule has 2 saturated heterocycles. The molecule has 178 valence electrons. The SMILES string of the molecule is C[C@]12C[C@@H](c3ccc(NC(=O)c4nc(C#N)c[nH]4)c(C4=CCCCC4)c3)C[C@](C)(O1)[C@H](O)[C@@H]2O. The summed E-state index contributed by atoms with van der Waals surface area (Å²) in [7, 11) is 0. The summed E-state index contributed by atoms with van der Waals surface area (Å²) in [6.07, 6.45) is 7.20. The molecular weight excluding hydrogens is 432 g/mol. The zero-order valence-electron chi connectivity index (χ0n) is 19.5. The number of aliphatic hydroxyl groups is 2. The average molecular weight is 463 g/mol. The number of aromatic nitrogens is 2. The first-order valence-electron chi connectivity index (χ1n) is 11.9. The number of nitrogens with zero attached hydrogens (tertiary/aromatic N) is 2. The third-order valence-corrected chi connectivity index (χ3v) is 7.63. The maximum atomic E-state index is 12.8. The van der Waals surface area contributed by atoms with Gasteiger partial charge in [0.05, 0.1) is 11.2 Å². The lowest BCUT2D eigenvalue weighted by Gasteiger charge is -2.41. The quantitative estimate of drug-likeness (QED) is 0.549.